The summed E-state index contributed by atoms with van der Waals surface area (Å²) >= 11 is 0. The lowest BCUT2D eigenvalue weighted by Crippen LogP contribution is -2.33. The highest BCUT2D eigenvalue weighted by Crippen LogP contribution is 2.40. The van der Waals surface area contributed by atoms with Crippen LogP contribution in [-0.4, -0.2) is 13.2 Å². The van der Waals surface area contributed by atoms with Crippen LogP contribution in [-0.2, 0) is 0 Å². The van der Waals surface area contributed by atoms with Gasteiger partial charge in [-0.2, -0.15) is 0 Å². The van der Waals surface area contributed by atoms with Crippen LogP contribution in [0.2, 0.25) is 0 Å². The van der Waals surface area contributed by atoms with E-state index in [1.54, 1.807) is 0 Å². The van der Waals surface area contributed by atoms with E-state index >= 15 is 0 Å². The summed E-state index contributed by atoms with van der Waals surface area (Å²) in [6, 6.07) is 16.2. The molecule has 2 atom stereocenters. The second-order valence-electron chi connectivity index (χ2n) is 5.10. The molecule has 0 aromatic heterocycles. The minimum atomic E-state index is 0.0179. The van der Waals surface area contributed by atoms with Gasteiger partial charge in [-0.3, -0.25) is 11.3 Å². The van der Waals surface area contributed by atoms with Crippen molar-refractivity contribution in [3.63, 3.8) is 0 Å². The SMILES string of the molecule is CCOc1ccc(C(NN)C2COc3ccccc32)cc1. The Morgan fingerprint density at radius 2 is 2.00 bits per heavy atom. The van der Waals surface area contributed by atoms with Crippen molar-refractivity contribution in [1.29, 1.82) is 0 Å². The molecule has 0 saturated carbocycles. The molecular formula is C17H20N2O2. The van der Waals surface area contributed by atoms with Gasteiger partial charge in [0, 0.05) is 11.5 Å². The Bertz CT molecular complexity index is 598. The zero-order valence-corrected chi connectivity index (χ0v) is 12.1. The Hall–Kier alpha value is -2.04. The molecule has 2 aromatic carbocycles. The van der Waals surface area contributed by atoms with Gasteiger partial charge >= 0.3 is 0 Å². The van der Waals surface area contributed by atoms with Crippen molar-refractivity contribution in [2.75, 3.05) is 13.2 Å². The Labute approximate surface area is 124 Å². The van der Waals surface area contributed by atoms with Gasteiger partial charge in [0.05, 0.1) is 19.3 Å². The Morgan fingerprint density at radius 1 is 1.24 bits per heavy atom. The van der Waals surface area contributed by atoms with Crippen molar-refractivity contribution in [1.82, 2.24) is 5.43 Å². The van der Waals surface area contributed by atoms with Crippen molar-refractivity contribution in [3.05, 3.63) is 59.7 Å². The van der Waals surface area contributed by atoms with Crippen LogP contribution in [0.3, 0.4) is 0 Å². The molecule has 1 aliphatic rings. The molecule has 4 heteroatoms. The summed E-state index contributed by atoms with van der Waals surface area (Å²) in [5.74, 6) is 7.84. The van der Waals surface area contributed by atoms with E-state index in [9.17, 15) is 0 Å². The maximum Gasteiger partial charge on any atom is 0.122 e. The Kier molecular flexibility index (Phi) is 4.08. The van der Waals surface area contributed by atoms with Crippen LogP contribution < -0.4 is 20.7 Å². The number of para-hydroxylation sites is 1. The summed E-state index contributed by atoms with van der Waals surface area (Å²) in [5.41, 5.74) is 5.27. The van der Waals surface area contributed by atoms with E-state index in [-0.39, 0.29) is 12.0 Å². The second-order valence-corrected chi connectivity index (χ2v) is 5.10. The fraction of sp³-hybridized carbons (Fsp3) is 0.294. The summed E-state index contributed by atoms with van der Waals surface area (Å²) in [5, 5.41) is 0. The molecule has 3 rings (SSSR count). The van der Waals surface area contributed by atoms with Gasteiger partial charge < -0.3 is 9.47 Å². The largest absolute Gasteiger partial charge is 0.494 e. The standard InChI is InChI=1S/C17H20N2O2/c1-2-20-13-9-7-12(8-10-13)17(19-18)15-11-21-16-6-4-3-5-14(15)16/h3-10,15,17,19H,2,11,18H2,1H3. The lowest BCUT2D eigenvalue weighted by Gasteiger charge is -2.22. The van der Waals surface area contributed by atoms with E-state index in [2.05, 4.69) is 23.6 Å². The summed E-state index contributed by atoms with van der Waals surface area (Å²) < 4.78 is 11.2. The maximum atomic E-state index is 5.80. The Balaban J connectivity index is 1.85. The quantitative estimate of drug-likeness (QED) is 0.655. The number of ether oxygens (including phenoxy) is 2. The maximum absolute atomic E-state index is 5.80. The lowest BCUT2D eigenvalue weighted by molar-refractivity contribution is 0.300. The molecule has 0 spiro atoms. The zero-order chi connectivity index (χ0) is 14.7. The summed E-state index contributed by atoms with van der Waals surface area (Å²) in [6.07, 6.45) is 0. The summed E-state index contributed by atoms with van der Waals surface area (Å²) in [4.78, 5) is 0. The molecule has 2 unspecified atom stereocenters. The summed E-state index contributed by atoms with van der Waals surface area (Å²) in [7, 11) is 0. The molecule has 1 heterocycles. The highest BCUT2D eigenvalue weighted by Gasteiger charge is 2.31. The first-order valence-electron chi connectivity index (χ1n) is 7.24. The molecule has 21 heavy (non-hydrogen) atoms. The number of hydrogen-bond donors (Lipinski definition) is 2. The molecule has 0 bridgehead atoms. The third-order valence-corrected chi connectivity index (χ3v) is 3.87. The average molecular weight is 284 g/mol. The molecule has 0 radical (unpaired) electrons. The fourth-order valence-corrected chi connectivity index (χ4v) is 2.85. The number of fused-ring (bicyclic) bond motifs is 1. The fourth-order valence-electron chi connectivity index (χ4n) is 2.85. The highest BCUT2D eigenvalue weighted by molar-refractivity contribution is 5.42. The van der Waals surface area contributed by atoms with E-state index < -0.39 is 0 Å². The third-order valence-electron chi connectivity index (χ3n) is 3.87. The predicted octanol–water partition coefficient (Wildman–Crippen LogP) is 2.77. The van der Waals surface area contributed by atoms with Gasteiger partial charge in [-0.15, -0.1) is 0 Å². The minimum Gasteiger partial charge on any atom is -0.494 e. The van der Waals surface area contributed by atoms with Crippen molar-refractivity contribution in [2.24, 2.45) is 5.84 Å². The monoisotopic (exact) mass is 284 g/mol. The van der Waals surface area contributed by atoms with E-state index in [0.29, 0.717) is 13.2 Å². The smallest absolute Gasteiger partial charge is 0.122 e. The van der Waals surface area contributed by atoms with Gasteiger partial charge in [0.2, 0.25) is 0 Å². The van der Waals surface area contributed by atoms with Crippen molar-refractivity contribution >= 4 is 0 Å². The number of rotatable bonds is 5. The second kappa shape index (κ2) is 6.16. The highest BCUT2D eigenvalue weighted by atomic mass is 16.5. The van der Waals surface area contributed by atoms with E-state index in [1.807, 2.05) is 37.3 Å². The average Bonchev–Trinajstić information content (AvgIpc) is 2.94. The predicted molar refractivity (Wildman–Crippen MR) is 82.4 cm³/mol. The lowest BCUT2D eigenvalue weighted by atomic mass is 9.89. The van der Waals surface area contributed by atoms with Crippen LogP contribution in [0.15, 0.2) is 48.5 Å². The number of benzene rings is 2. The molecule has 0 fully saturated rings. The third kappa shape index (κ3) is 2.73. The first-order chi connectivity index (χ1) is 10.3. The van der Waals surface area contributed by atoms with E-state index in [4.69, 9.17) is 15.3 Å². The molecule has 0 amide bonds. The summed E-state index contributed by atoms with van der Waals surface area (Å²) in [6.45, 7) is 3.29. The molecule has 4 nitrogen and oxygen atoms in total. The Morgan fingerprint density at radius 3 is 2.71 bits per heavy atom. The van der Waals surface area contributed by atoms with Crippen LogP contribution in [0, 0.1) is 0 Å². The number of hydrazine groups is 1. The van der Waals surface area contributed by atoms with Gasteiger partial charge in [0.1, 0.15) is 11.5 Å². The van der Waals surface area contributed by atoms with Crippen molar-refractivity contribution in [2.45, 2.75) is 18.9 Å². The van der Waals surface area contributed by atoms with Crippen LogP contribution in [0.25, 0.3) is 0 Å². The molecule has 0 saturated heterocycles. The molecule has 0 aliphatic carbocycles. The van der Waals surface area contributed by atoms with Gasteiger partial charge in [0.15, 0.2) is 0 Å². The van der Waals surface area contributed by atoms with Gasteiger partial charge in [-0.1, -0.05) is 30.3 Å². The van der Waals surface area contributed by atoms with Crippen LogP contribution >= 0.6 is 0 Å². The minimum absolute atomic E-state index is 0.0179. The number of hydrogen-bond acceptors (Lipinski definition) is 4. The van der Waals surface area contributed by atoms with E-state index in [1.165, 1.54) is 5.56 Å². The van der Waals surface area contributed by atoms with Crippen LogP contribution in [0.5, 0.6) is 11.5 Å². The molecule has 3 N–H and O–H groups in total. The number of nitrogens with one attached hydrogen (secondary N) is 1. The van der Waals surface area contributed by atoms with Crippen LogP contribution in [0.1, 0.15) is 30.0 Å². The molecule has 1 aliphatic heterocycles. The van der Waals surface area contributed by atoms with Crippen molar-refractivity contribution < 1.29 is 9.47 Å². The van der Waals surface area contributed by atoms with Gasteiger partial charge in [-0.05, 0) is 30.7 Å². The topological polar surface area (TPSA) is 56.5 Å². The molecular weight excluding hydrogens is 264 g/mol. The van der Waals surface area contributed by atoms with E-state index in [0.717, 1.165) is 17.1 Å². The number of nitrogens with two attached hydrogens (primary N) is 1. The van der Waals surface area contributed by atoms with Crippen molar-refractivity contribution in [3.8, 4) is 11.5 Å². The van der Waals surface area contributed by atoms with Crippen LogP contribution in [0.4, 0.5) is 0 Å². The zero-order valence-electron chi connectivity index (χ0n) is 12.1. The van der Waals surface area contributed by atoms with Gasteiger partial charge in [0.25, 0.3) is 0 Å². The normalized spacial score (nSPS) is 17.9. The van der Waals surface area contributed by atoms with Gasteiger partial charge in [-0.25, -0.2) is 0 Å². The molecule has 110 valence electrons. The first-order valence-corrected chi connectivity index (χ1v) is 7.24. The molecule has 2 aromatic rings. The first kappa shape index (κ1) is 13.9.